The summed E-state index contributed by atoms with van der Waals surface area (Å²) in [4.78, 5) is 32.0. The van der Waals surface area contributed by atoms with Crippen LogP contribution in [-0.2, 0) is 16.1 Å². The van der Waals surface area contributed by atoms with Gasteiger partial charge in [-0.2, -0.15) is 0 Å². The molecule has 0 bridgehead atoms. The van der Waals surface area contributed by atoms with Gasteiger partial charge in [0.05, 0.1) is 24.8 Å². The molecule has 2 aromatic carbocycles. The van der Waals surface area contributed by atoms with Gasteiger partial charge in [-0.25, -0.2) is 13.8 Å². The van der Waals surface area contributed by atoms with Crippen LogP contribution in [0.3, 0.4) is 0 Å². The lowest BCUT2D eigenvalue weighted by Crippen LogP contribution is -2.48. The molecule has 2 atom stereocenters. The van der Waals surface area contributed by atoms with Crippen molar-refractivity contribution >= 4 is 11.8 Å². The molecule has 10 heteroatoms. The van der Waals surface area contributed by atoms with E-state index >= 15 is 0 Å². The van der Waals surface area contributed by atoms with Crippen LogP contribution in [0.5, 0.6) is 0 Å². The van der Waals surface area contributed by atoms with Crippen LogP contribution in [0.4, 0.5) is 8.78 Å². The molecule has 1 aromatic heterocycles. The molecule has 2 amide bonds. The fourth-order valence-electron chi connectivity index (χ4n) is 4.64. The molecule has 5 N–H and O–H groups in total. The van der Waals surface area contributed by atoms with Crippen molar-refractivity contribution in [3.05, 3.63) is 77.5 Å². The quantitative estimate of drug-likeness (QED) is 0.315. The molecule has 40 heavy (non-hydrogen) atoms. The summed E-state index contributed by atoms with van der Waals surface area (Å²) < 4.78 is 30.2. The molecule has 3 rings (SSSR count). The number of rotatable bonds is 12. The number of carbonyl (C=O) groups excluding carboxylic acids is 2. The van der Waals surface area contributed by atoms with Gasteiger partial charge in [-0.1, -0.05) is 62.7 Å². The van der Waals surface area contributed by atoms with Crippen LogP contribution >= 0.6 is 0 Å². The van der Waals surface area contributed by atoms with Gasteiger partial charge in [0.2, 0.25) is 11.8 Å². The number of nitrogens with zero attached hydrogens (tertiary/aromatic N) is 3. The number of carbonyl (C=O) groups is 2. The first kappa shape index (κ1) is 30.9. The van der Waals surface area contributed by atoms with Gasteiger partial charge >= 0.3 is 0 Å². The third kappa shape index (κ3) is 7.95. The monoisotopic (exact) mass is 554 g/mol. The van der Waals surface area contributed by atoms with Gasteiger partial charge < -0.3 is 26.3 Å². The average molecular weight is 555 g/mol. The van der Waals surface area contributed by atoms with Crippen molar-refractivity contribution in [2.75, 3.05) is 26.3 Å². The minimum Gasteiger partial charge on any atom is -0.346 e. The molecule has 2 unspecified atom stereocenters. The van der Waals surface area contributed by atoms with Crippen LogP contribution in [0.2, 0.25) is 0 Å². The molecule has 1 heterocycles. The molecule has 0 spiro atoms. The second-order valence-electron chi connectivity index (χ2n) is 11.1. The standard InChI is InChI=1S/C30H40F2N6O2/c1-20-10-11-24(32)23(14-20)25-19-37(18-21-8-6-5-7-9-21)29(36-25)28(30(2,3)4)38(13-12-22(34)15-31)27(40)17-35-26(39)16-33/h5-11,14,19,22,28H,12-13,15-18,33-34H2,1-4H3,(H,35,39). The number of benzene rings is 2. The summed E-state index contributed by atoms with van der Waals surface area (Å²) in [5.74, 6) is -0.714. The van der Waals surface area contributed by atoms with Crippen molar-refractivity contribution in [3.63, 3.8) is 0 Å². The molecule has 0 aliphatic heterocycles. The second kappa shape index (κ2) is 13.6. The zero-order chi connectivity index (χ0) is 29.4. The lowest BCUT2D eigenvalue weighted by atomic mass is 9.84. The highest BCUT2D eigenvalue weighted by Crippen LogP contribution is 2.39. The molecule has 0 aliphatic rings. The number of imidazole rings is 1. The van der Waals surface area contributed by atoms with Gasteiger partial charge in [-0.05, 0) is 36.5 Å². The Kier molecular flexibility index (Phi) is 10.5. The number of aromatic nitrogens is 2. The van der Waals surface area contributed by atoms with E-state index in [1.165, 1.54) is 6.07 Å². The smallest absolute Gasteiger partial charge is 0.242 e. The number of hydrogen-bond acceptors (Lipinski definition) is 5. The summed E-state index contributed by atoms with van der Waals surface area (Å²) in [5.41, 5.74) is 13.4. The molecule has 8 nitrogen and oxygen atoms in total. The molecule has 0 fully saturated rings. The van der Waals surface area contributed by atoms with E-state index in [4.69, 9.17) is 16.5 Å². The molecular formula is C30H40F2N6O2. The Hall–Kier alpha value is -3.63. The Morgan fingerprint density at radius 3 is 2.48 bits per heavy atom. The number of halogens is 2. The highest BCUT2D eigenvalue weighted by molar-refractivity contribution is 5.85. The van der Waals surface area contributed by atoms with Crippen LogP contribution in [0.25, 0.3) is 11.3 Å². The summed E-state index contributed by atoms with van der Waals surface area (Å²) in [7, 11) is 0. The molecule has 3 aromatic rings. The number of nitrogens with two attached hydrogens (primary N) is 2. The Bertz CT molecular complexity index is 1290. The maximum absolute atomic E-state index is 15.0. The number of alkyl halides is 1. The summed E-state index contributed by atoms with van der Waals surface area (Å²) in [6.45, 7) is 7.09. The van der Waals surface area contributed by atoms with Gasteiger partial charge in [0, 0.05) is 30.9 Å². The number of aryl methyl sites for hydroxylation is 1. The zero-order valence-electron chi connectivity index (χ0n) is 23.7. The topological polar surface area (TPSA) is 119 Å². The van der Waals surface area contributed by atoms with Gasteiger partial charge in [-0.15, -0.1) is 0 Å². The van der Waals surface area contributed by atoms with E-state index in [0.29, 0.717) is 23.6 Å². The summed E-state index contributed by atoms with van der Waals surface area (Å²) in [5, 5.41) is 2.53. The van der Waals surface area contributed by atoms with Gasteiger partial charge in [0.1, 0.15) is 18.3 Å². The highest BCUT2D eigenvalue weighted by Gasteiger charge is 2.38. The lowest BCUT2D eigenvalue weighted by Gasteiger charge is -2.40. The van der Waals surface area contributed by atoms with Crippen molar-refractivity contribution in [2.45, 2.75) is 52.7 Å². The fraction of sp³-hybridized carbons (Fsp3) is 0.433. The first-order chi connectivity index (χ1) is 18.9. The van der Waals surface area contributed by atoms with E-state index in [9.17, 15) is 18.4 Å². The molecule has 0 aliphatic carbocycles. The SMILES string of the molecule is Cc1ccc(F)c(-c2cn(Cc3ccccc3)c(C(N(CCC(N)CF)C(=O)CNC(=O)CN)C(C)(C)C)n2)c1. The maximum atomic E-state index is 15.0. The predicted molar refractivity (Wildman–Crippen MR) is 152 cm³/mol. The largest absolute Gasteiger partial charge is 0.346 e. The minimum absolute atomic E-state index is 0.136. The van der Waals surface area contributed by atoms with Crippen molar-refractivity contribution in [1.82, 2.24) is 19.8 Å². The van der Waals surface area contributed by atoms with Crippen LogP contribution < -0.4 is 16.8 Å². The van der Waals surface area contributed by atoms with Crippen molar-refractivity contribution in [1.29, 1.82) is 0 Å². The minimum atomic E-state index is -0.754. The van der Waals surface area contributed by atoms with Gasteiger partial charge in [0.15, 0.2) is 0 Å². The Labute approximate surface area is 234 Å². The third-order valence-corrected chi connectivity index (χ3v) is 6.66. The first-order valence-corrected chi connectivity index (χ1v) is 13.4. The van der Waals surface area contributed by atoms with Crippen molar-refractivity contribution in [3.8, 4) is 11.3 Å². The summed E-state index contributed by atoms with van der Waals surface area (Å²) in [6.07, 6.45) is 2.00. The van der Waals surface area contributed by atoms with E-state index in [-0.39, 0.29) is 32.0 Å². The van der Waals surface area contributed by atoms with Crippen LogP contribution in [0, 0.1) is 18.2 Å². The third-order valence-electron chi connectivity index (χ3n) is 6.66. The Morgan fingerprint density at radius 1 is 1.15 bits per heavy atom. The summed E-state index contributed by atoms with van der Waals surface area (Å²) >= 11 is 0. The number of hydrogen-bond donors (Lipinski definition) is 3. The highest BCUT2D eigenvalue weighted by atomic mass is 19.1. The molecule has 216 valence electrons. The maximum Gasteiger partial charge on any atom is 0.242 e. The first-order valence-electron chi connectivity index (χ1n) is 13.4. The molecule has 0 saturated heterocycles. The average Bonchev–Trinajstić information content (AvgIpc) is 3.32. The van der Waals surface area contributed by atoms with Crippen LogP contribution in [0.1, 0.15) is 50.2 Å². The lowest BCUT2D eigenvalue weighted by molar-refractivity contribution is -0.137. The Morgan fingerprint density at radius 2 is 1.85 bits per heavy atom. The van der Waals surface area contributed by atoms with E-state index in [1.807, 2.05) is 62.6 Å². The van der Waals surface area contributed by atoms with E-state index in [0.717, 1.165) is 11.1 Å². The second-order valence-corrected chi connectivity index (χ2v) is 11.1. The van der Waals surface area contributed by atoms with E-state index in [1.54, 1.807) is 23.2 Å². The molecule has 0 radical (unpaired) electrons. The molecule has 0 saturated carbocycles. The van der Waals surface area contributed by atoms with Crippen LogP contribution in [0.15, 0.2) is 54.7 Å². The zero-order valence-corrected chi connectivity index (χ0v) is 23.7. The van der Waals surface area contributed by atoms with Crippen molar-refractivity contribution < 1.29 is 18.4 Å². The fourth-order valence-corrected chi connectivity index (χ4v) is 4.64. The van der Waals surface area contributed by atoms with Crippen molar-refractivity contribution in [2.24, 2.45) is 16.9 Å². The molecular weight excluding hydrogens is 514 g/mol. The van der Waals surface area contributed by atoms with E-state index < -0.39 is 35.9 Å². The normalized spacial score (nSPS) is 13.1. The van der Waals surface area contributed by atoms with Crippen LogP contribution in [-0.4, -0.2) is 58.6 Å². The predicted octanol–water partition coefficient (Wildman–Crippen LogP) is 3.72. The summed E-state index contributed by atoms with van der Waals surface area (Å²) in [6, 6.07) is 13.2. The van der Waals surface area contributed by atoms with Gasteiger partial charge in [0.25, 0.3) is 0 Å². The van der Waals surface area contributed by atoms with E-state index in [2.05, 4.69) is 5.32 Å². The Balaban J connectivity index is 2.17. The van der Waals surface area contributed by atoms with Gasteiger partial charge in [-0.3, -0.25) is 9.59 Å². The number of amides is 2. The number of nitrogens with one attached hydrogen (secondary N) is 1.